The van der Waals surface area contributed by atoms with E-state index in [9.17, 15) is 14.7 Å². The number of nitrogens with zero attached hydrogens (tertiary/aromatic N) is 3. The minimum absolute atomic E-state index is 0.0378. The number of amides is 1. The summed E-state index contributed by atoms with van der Waals surface area (Å²) < 4.78 is 1.67. The highest BCUT2D eigenvalue weighted by molar-refractivity contribution is 9.10. The molecule has 3 heterocycles. The van der Waals surface area contributed by atoms with Gasteiger partial charge in [0.2, 0.25) is 5.78 Å². The molecule has 1 atom stereocenters. The number of ketones is 1. The number of aliphatic hydroxyl groups excluding tert-OH is 1. The van der Waals surface area contributed by atoms with E-state index >= 15 is 0 Å². The van der Waals surface area contributed by atoms with Crippen LogP contribution in [-0.2, 0) is 4.79 Å². The van der Waals surface area contributed by atoms with Crippen LogP contribution in [0.3, 0.4) is 0 Å². The lowest BCUT2D eigenvalue weighted by molar-refractivity contribution is -0.117. The Morgan fingerprint density at radius 2 is 1.82 bits per heavy atom. The molecule has 4 aromatic rings. The molecule has 0 aliphatic carbocycles. The number of hydrogen-bond donors (Lipinski definition) is 1. The van der Waals surface area contributed by atoms with E-state index in [4.69, 9.17) is 4.98 Å². The summed E-state index contributed by atoms with van der Waals surface area (Å²) in [6.07, 6.45) is 0. The number of Topliss-reactive ketones (excluding diaryl/α,β-unsaturated/α-hetero) is 1. The second-order valence-corrected chi connectivity index (χ2v) is 11.3. The van der Waals surface area contributed by atoms with Crippen LogP contribution in [0.1, 0.15) is 43.1 Å². The van der Waals surface area contributed by atoms with E-state index in [0.29, 0.717) is 21.3 Å². The minimum Gasteiger partial charge on any atom is -0.503 e. The molecule has 0 bridgehead atoms. The Balaban J connectivity index is 1.72. The lowest BCUT2D eigenvalue weighted by Crippen LogP contribution is -2.31. The molecule has 0 saturated heterocycles. The van der Waals surface area contributed by atoms with Crippen LogP contribution < -0.4 is 4.90 Å². The maximum absolute atomic E-state index is 13.7. The van der Waals surface area contributed by atoms with Gasteiger partial charge in [-0.05, 0) is 56.5 Å². The van der Waals surface area contributed by atoms with Crippen molar-refractivity contribution in [1.29, 1.82) is 0 Å². The Morgan fingerprint density at radius 1 is 1.09 bits per heavy atom. The average Bonchev–Trinajstić information content (AvgIpc) is 3.42. The summed E-state index contributed by atoms with van der Waals surface area (Å²) in [6.45, 7) is 7.58. The molecule has 1 amide bonds. The molecule has 1 aliphatic rings. The number of halogens is 1. The van der Waals surface area contributed by atoms with Crippen molar-refractivity contribution in [2.45, 2.75) is 33.7 Å². The number of carbonyl (C=O) groups excluding carboxylic acids is 2. The highest BCUT2D eigenvalue weighted by Gasteiger charge is 2.47. The summed E-state index contributed by atoms with van der Waals surface area (Å²) >= 11 is 6.20. The molecule has 34 heavy (non-hydrogen) atoms. The molecule has 172 valence electrons. The van der Waals surface area contributed by atoms with Gasteiger partial charge in [-0.2, -0.15) is 0 Å². The molecule has 1 N–H and O–H groups in total. The van der Waals surface area contributed by atoms with Crippen LogP contribution in [0.2, 0.25) is 0 Å². The second-order valence-electron chi connectivity index (χ2n) is 8.26. The largest absolute Gasteiger partial charge is 0.503 e. The van der Waals surface area contributed by atoms with E-state index in [-0.39, 0.29) is 5.57 Å². The molecule has 9 heteroatoms. The Labute approximate surface area is 212 Å². The lowest BCUT2D eigenvalue weighted by Gasteiger charge is -2.25. The van der Waals surface area contributed by atoms with Crippen molar-refractivity contribution < 1.29 is 14.7 Å². The Kier molecular flexibility index (Phi) is 5.66. The molecule has 0 spiro atoms. The molecule has 5 rings (SSSR count). The van der Waals surface area contributed by atoms with Gasteiger partial charge in [-0.1, -0.05) is 51.5 Å². The fraction of sp³-hybridized carbons (Fsp3) is 0.200. The summed E-state index contributed by atoms with van der Waals surface area (Å²) in [5.41, 5.74) is 4.22. The maximum atomic E-state index is 13.7. The normalized spacial score (nSPS) is 16.2. The van der Waals surface area contributed by atoms with Gasteiger partial charge in [-0.3, -0.25) is 14.5 Å². The minimum atomic E-state index is -0.834. The molecule has 0 fully saturated rings. The Bertz CT molecular complexity index is 1540. The van der Waals surface area contributed by atoms with Crippen molar-refractivity contribution in [3.8, 4) is 0 Å². The first-order chi connectivity index (χ1) is 16.2. The van der Waals surface area contributed by atoms with Crippen LogP contribution in [0, 0.1) is 27.7 Å². The third-order valence-corrected chi connectivity index (χ3v) is 8.58. The second kappa shape index (κ2) is 8.41. The monoisotopic (exact) mass is 553 g/mol. The zero-order valence-electron chi connectivity index (χ0n) is 18.8. The van der Waals surface area contributed by atoms with E-state index in [1.807, 2.05) is 57.2 Å². The number of rotatable bonds is 4. The molecule has 2 aromatic carbocycles. The van der Waals surface area contributed by atoms with E-state index in [1.165, 1.54) is 27.6 Å². The van der Waals surface area contributed by atoms with Gasteiger partial charge in [0.1, 0.15) is 0 Å². The SMILES string of the molecule is Cc1cc(C)c2nc(N3C(=O)C(O)=C(C(=O)c4sc(C)nc4C)C3c3ccccc3Br)sc2c1. The standard InChI is InChI=1S/C25H20BrN3O3S2/c1-11-9-12(2)19-17(10-11)34-25(28-19)29-20(15-7-5-6-8-16(15)26)18(22(31)24(29)32)21(30)23-13(3)27-14(4)33-23/h5-10,20,31H,1-4H3. The summed E-state index contributed by atoms with van der Waals surface area (Å²) in [5.74, 6) is -1.59. The van der Waals surface area contributed by atoms with Gasteiger partial charge in [0.15, 0.2) is 10.9 Å². The van der Waals surface area contributed by atoms with Gasteiger partial charge in [-0.15, -0.1) is 11.3 Å². The topological polar surface area (TPSA) is 83.4 Å². The third kappa shape index (κ3) is 3.59. The summed E-state index contributed by atoms with van der Waals surface area (Å²) in [4.78, 5) is 38.2. The summed E-state index contributed by atoms with van der Waals surface area (Å²) in [6, 6.07) is 10.6. The van der Waals surface area contributed by atoms with Gasteiger partial charge in [-0.25, -0.2) is 9.97 Å². The van der Waals surface area contributed by atoms with E-state index in [2.05, 4.69) is 20.9 Å². The van der Waals surface area contributed by atoms with Crippen molar-refractivity contribution in [3.63, 3.8) is 0 Å². The first kappa shape index (κ1) is 22.9. The van der Waals surface area contributed by atoms with Crippen LogP contribution in [0.5, 0.6) is 0 Å². The molecule has 2 aromatic heterocycles. The highest BCUT2D eigenvalue weighted by atomic mass is 79.9. The third-order valence-electron chi connectivity index (χ3n) is 5.79. The summed E-state index contributed by atoms with van der Waals surface area (Å²) in [7, 11) is 0. The van der Waals surface area contributed by atoms with Crippen molar-refractivity contribution in [2.75, 3.05) is 4.90 Å². The van der Waals surface area contributed by atoms with Crippen molar-refractivity contribution in [1.82, 2.24) is 9.97 Å². The molecular formula is C25H20BrN3O3S2. The van der Waals surface area contributed by atoms with Gasteiger partial charge >= 0.3 is 0 Å². The van der Waals surface area contributed by atoms with E-state index < -0.39 is 23.5 Å². The predicted octanol–water partition coefficient (Wildman–Crippen LogP) is 6.53. The molecule has 1 unspecified atom stereocenters. The smallest absolute Gasteiger partial charge is 0.296 e. The van der Waals surface area contributed by atoms with Crippen molar-refractivity contribution >= 4 is 65.6 Å². The predicted molar refractivity (Wildman–Crippen MR) is 139 cm³/mol. The van der Waals surface area contributed by atoms with Crippen LogP contribution in [-0.4, -0.2) is 26.8 Å². The fourth-order valence-corrected chi connectivity index (χ4v) is 6.90. The van der Waals surface area contributed by atoms with Gasteiger partial charge in [0.05, 0.1) is 37.4 Å². The number of aromatic nitrogens is 2. The first-order valence-electron chi connectivity index (χ1n) is 10.5. The van der Waals surface area contributed by atoms with Gasteiger partial charge in [0.25, 0.3) is 5.91 Å². The van der Waals surface area contributed by atoms with Crippen molar-refractivity contribution in [2.24, 2.45) is 0 Å². The number of aliphatic hydroxyl groups is 1. The Morgan fingerprint density at radius 3 is 2.50 bits per heavy atom. The van der Waals surface area contributed by atoms with Gasteiger partial charge < -0.3 is 5.11 Å². The number of carbonyl (C=O) groups is 2. The molecule has 0 radical (unpaired) electrons. The lowest BCUT2D eigenvalue weighted by atomic mass is 9.95. The maximum Gasteiger partial charge on any atom is 0.296 e. The molecular weight excluding hydrogens is 534 g/mol. The number of aryl methyl sites for hydroxylation is 4. The average molecular weight is 554 g/mol. The zero-order valence-corrected chi connectivity index (χ0v) is 22.1. The zero-order chi connectivity index (χ0) is 24.3. The van der Waals surface area contributed by atoms with Gasteiger partial charge in [0, 0.05) is 4.47 Å². The molecule has 0 saturated carbocycles. The van der Waals surface area contributed by atoms with Crippen LogP contribution in [0.4, 0.5) is 5.13 Å². The Hall–Kier alpha value is -2.88. The molecule has 6 nitrogen and oxygen atoms in total. The first-order valence-corrected chi connectivity index (χ1v) is 13.0. The van der Waals surface area contributed by atoms with E-state index in [0.717, 1.165) is 30.8 Å². The number of hydrogen-bond acceptors (Lipinski definition) is 7. The van der Waals surface area contributed by atoms with E-state index in [1.54, 1.807) is 6.92 Å². The number of anilines is 1. The fourth-order valence-electron chi connectivity index (χ4n) is 4.35. The number of thiazole rings is 2. The van der Waals surface area contributed by atoms with Crippen molar-refractivity contribution in [3.05, 3.63) is 84.5 Å². The summed E-state index contributed by atoms with van der Waals surface area (Å²) in [5, 5.41) is 12.2. The number of benzene rings is 2. The highest BCUT2D eigenvalue weighted by Crippen LogP contribution is 2.46. The molecule has 1 aliphatic heterocycles. The quantitative estimate of drug-likeness (QED) is 0.290. The van der Waals surface area contributed by atoms with Crippen LogP contribution >= 0.6 is 38.6 Å². The van der Waals surface area contributed by atoms with Crippen LogP contribution in [0.25, 0.3) is 10.2 Å². The van der Waals surface area contributed by atoms with Crippen LogP contribution in [0.15, 0.2) is 52.2 Å². The number of fused-ring (bicyclic) bond motifs is 1.